The molecule has 3 fully saturated rings. The zero-order valence-electron chi connectivity index (χ0n) is 23.7. The molecule has 0 aromatic carbocycles. The van der Waals surface area contributed by atoms with Crippen LogP contribution in [0.2, 0.25) is 0 Å². The first-order chi connectivity index (χ1) is 18.0. The Balaban J connectivity index is 1.47. The Morgan fingerprint density at radius 2 is 2.03 bits per heavy atom. The monoisotopic (exact) mass is 523 g/mol. The van der Waals surface area contributed by atoms with Crippen LogP contribution in [-0.2, 0) is 14.2 Å². The van der Waals surface area contributed by atoms with Gasteiger partial charge in [0, 0.05) is 48.3 Å². The van der Waals surface area contributed by atoms with E-state index in [1.54, 1.807) is 12.5 Å². The van der Waals surface area contributed by atoms with Crippen LogP contribution in [0, 0.1) is 11.8 Å². The Bertz CT molecular complexity index is 1240. The van der Waals surface area contributed by atoms with Crippen LogP contribution in [0.15, 0.2) is 36.0 Å². The maximum absolute atomic E-state index is 12.9. The molecule has 2 aromatic rings. The van der Waals surface area contributed by atoms with E-state index >= 15 is 0 Å². The van der Waals surface area contributed by atoms with Crippen molar-refractivity contribution in [3.8, 4) is 0 Å². The second-order valence-electron chi connectivity index (χ2n) is 12.3. The maximum atomic E-state index is 12.9. The van der Waals surface area contributed by atoms with E-state index in [1.165, 1.54) is 0 Å². The molecule has 4 heterocycles. The average molecular weight is 524 g/mol. The van der Waals surface area contributed by atoms with Gasteiger partial charge in [0.1, 0.15) is 23.7 Å². The minimum atomic E-state index is -0.671. The first-order valence-electron chi connectivity index (χ1n) is 13.8. The van der Waals surface area contributed by atoms with E-state index in [4.69, 9.17) is 14.2 Å². The van der Waals surface area contributed by atoms with Crippen LogP contribution >= 0.6 is 0 Å². The number of hydrogen-bond acceptors (Lipinski definition) is 7. The second-order valence-corrected chi connectivity index (χ2v) is 12.3. The van der Waals surface area contributed by atoms with E-state index in [0.717, 1.165) is 48.1 Å². The number of rotatable bonds is 4. The van der Waals surface area contributed by atoms with Gasteiger partial charge in [0.2, 0.25) is 0 Å². The molecule has 1 unspecified atom stereocenters. The molecule has 2 aromatic heterocycles. The van der Waals surface area contributed by atoms with Crippen LogP contribution < -0.4 is 0 Å². The number of fused-ring (bicyclic) bond motifs is 2. The third kappa shape index (κ3) is 5.23. The van der Waals surface area contributed by atoms with Gasteiger partial charge in [-0.3, -0.25) is 4.99 Å². The van der Waals surface area contributed by atoms with Crippen LogP contribution in [0.25, 0.3) is 11.0 Å². The van der Waals surface area contributed by atoms with Gasteiger partial charge in [-0.2, -0.15) is 0 Å². The van der Waals surface area contributed by atoms with Crippen molar-refractivity contribution in [2.45, 2.75) is 97.4 Å². The molecular weight excluding hydrogens is 482 g/mol. The second kappa shape index (κ2) is 10.1. The Morgan fingerprint density at radius 3 is 2.76 bits per heavy atom. The topological polar surface area (TPSA) is 91.1 Å². The number of aliphatic imine (C=N–C) groups is 1. The van der Waals surface area contributed by atoms with Crippen LogP contribution in [0.3, 0.4) is 0 Å². The highest BCUT2D eigenvalue weighted by molar-refractivity contribution is 6.09. The Labute approximate surface area is 225 Å². The van der Waals surface area contributed by atoms with Crippen molar-refractivity contribution in [2.24, 2.45) is 16.8 Å². The summed E-state index contributed by atoms with van der Waals surface area (Å²) in [5.74, 6) is -0.117. The molecule has 0 N–H and O–H groups in total. The molecular formula is C29H41N5O4. The van der Waals surface area contributed by atoms with Gasteiger partial charge in [-0.05, 0) is 79.6 Å². The number of carbonyl (C=O) groups is 1. The van der Waals surface area contributed by atoms with Gasteiger partial charge < -0.3 is 23.7 Å². The third-order valence-corrected chi connectivity index (χ3v) is 7.85. The summed E-state index contributed by atoms with van der Waals surface area (Å²) in [4.78, 5) is 28.3. The van der Waals surface area contributed by atoms with Gasteiger partial charge in [0.05, 0.1) is 12.1 Å². The van der Waals surface area contributed by atoms with Gasteiger partial charge in [-0.1, -0.05) is 6.08 Å². The summed E-state index contributed by atoms with van der Waals surface area (Å²) in [6, 6.07) is 0.0457. The number of amides is 1. The van der Waals surface area contributed by atoms with Crippen LogP contribution in [0.5, 0.6) is 0 Å². The Kier molecular flexibility index (Phi) is 7.11. The van der Waals surface area contributed by atoms with Crippen molar-refractivity contribution in [2.75, 3.05) is 13.1 Å². The quantitative estimate of drug-likeness (QED) is 0.492. The van der Waals surface area contributed by atoms with E-state index in [2.05, 4.69) is 25.7 Å². The molecule has 3 aliphatic rings. The zero-order valence-corrected chi connectivity index (χ0v) is 23.7. The van der Waals surface area contributed by atoms with Crippen LogP contribution in [-0.4, -0.2) is 67.9 Å². The van der Waals surface area contributed by atoms with Crippen molar-refractivity contribution in [3.63, 3.8) is 0 Å². The summed E-state index contributed by atoms with van der Waals surface area (Å²) >= 11 is 0. The lowest BCUT2D eigenvalue weighted by Crippen LogP contribution is -2.46. The normalized spacial score (nSPS) is 29.8. The first-order valence-corrected chi connectivity index (χ1v) is 13.8. The van der Waals surface area contributed by atoms with Crippen LogP contribution in [0.1, 0.15) is 79.3 Å². The zero-order chi connectivity index (χ0) is 27.2. The van der Waals surface area contributed by atoms with Gasteiger partial charge in [-0.15, -0.1) is 0 Å². The fourth-order valence-electron chi connectivity index (χ4n) is 6.36. The summed E-state index contributed by atoms with van der Waals surface area (Å²) < 4.78 is 21.0. The smallest absolute Gasteiger partial charge is 0.410 e. The molecule has 9 nitrogen and oxygen atoms in total. The minimum absolute atomic E-state index is 0.0457. The molecule has 1 aliphatic carbocycles. The number of ether oxygens (including phenoxy) is 3. The highest BCUT2D eigenvalue weighted by Crippen LogP contribution is 2.51. The lowest BCUT2D eigenvalue weighted by Gasteiger charge is -2.38. The van der Waals surface area contributed by atoms with Gasteiger partial charge in [0.25, 0.3) is 0 Å². The van der Waals surface area contributed by atoms with E-state index in [0.29, 0.717) is 12.5 Å². The molecule has 1 amide bonds. The number of carbonyl (C=O) groups excluding carboxylic acids is 1. The first kappa shape index (κ1) is 26.8. The molecule has 5 atom stereocenters. The molecule has 2 saturated heterocycles. The lowest BCUT2D eigenvalue weighted by molar-refractivity contribution is -0.163. The summed E-state index contributed by atoms with van der Waals surface area (Å²) in [6.45, 7) is 15.1. The number of allylic oxidation sites excluding steroid dienone is 1. The van der Waals surface area contributed by atoms with E-state index in [1.807, 2.05) is 65.6 Å². The van der Waals surface area contributed by atoms with Crippen molar-refractivity contribution < 1.29 is 19.0 Å². The summed E-state index contributed by atoms with van der Waals surface area (Å²) in [6.07, 6.45) is 11.8. The number of aromatic nitrogens is 3. The van der Waals surface area contributed by atoms with E-state index < -0.39 is 11.4 Å². The highest BCUT2D eigenvalue weighted by atomic mass is 16.8. The van der Waals surface area contributed by atoms with Crippen molar-refractivity contribution >= 4 is 22.8 Å². The van der Waals surface area contributed by atoms with E-state index in [9.17, 15) is 4.79 Å². The molecule has 0 bridgehead atoms. The van der Waals surface area contributed by atoms with Crippen molar-refractivity contribution in [3.05, 3.63) is 36.6 Å². The average Bonchev–Trinajstić information content (AvgIpc) is 3.50. The molecule has 9 heteroatoms. The predicted octanol–water partition coefficient (Wildman–Crippen LogP) is 5.50. The van der Waals surface area contributed by atoms with Crippen molar-refractivity contribution in [1.82, 2.24) is 19.4 Å². The van der Waals surface area contributed by atoms with Gasteiger partial charge in [-0.25, -0.2) is 14.8 Å². The summed E-state index contributed by atoms with van der Waals surface area (Å²) in [5.41, 5.74) is 2.30. The molecule has 2 aliphatic heterocycles. The SMILES string of the molecule is C/C=C\N=C(/C)c1cn([C@@H]2C[C@H](C3CCCN(C(=O)OC(C)(C)C)C3)[C@H]3OC(C)(C)O[C@H]32)c2ncncc12. The van der Waals surface area contributed by atoms with Crippen molar-refractivity contribution in [1.29, 1.82) is 0 Å². The fraction of sp³-hybridized carbons (Fsp3) is 0.655. The standard InChI is InChI=1S/C29H41N5O4/c1-8-11-31-18(2)22-16-34(26-21(22)14-30-17-32-26)23-13-20(24-25(23)37-29(6,7)36-24)19-10-9-12-33(15-19)27(35)38-28(3,4)5/h8,11,14,16-17,19-20,23-25H,9-10,12-13,15H2,1-7H3/b11-8-,31-18+/t19?,20-,23-,24-,25+/m1/s1. The molecule has 0 radical (unpaired) electrons. The third-order valence-electron chi connectivity index (χ3n) is 7.85. The predicted molar refractivity (Wildman–Crippen MR) is 146 cm³/mol. The number of likely N-dealkylation sites (tertiary alicyclic amines) is 1. The maximum Gasteiger partial charge on any atom is 0.410 e. The molecule has 0 spiro atoms. The summed E-state index contributed by atoms with van der Waals surface area (Å²) in [5, 5.41) is 0.977. The largest absolute Gasteiger partial charge is 0.444 e. The lowest BCUT2D eigenvalue weighted by atomic mass is 9.83. The minimum Gasteiger partial charge on any atom is -0.444 e. The van der Waals surface area contributed by atoms with Gasteiger partial charge in [0.15, 0.2) is 5.79 Å². The number of nitrogens with zero attached hydrogens (tertiary/aromatic N) is 5. The van der Waals surface area contributed by atoms with Gasteiger partial charge >= 0.3 is 6.09 Å². The number of hydrogen-bond donors (Lipinski definition) is 0. The van der Waals surface area contributed by atoms with E-state index in [-0.39, 0.29) is 30.3 Å². The Morgan fingerprint density at radius 1 is 1.26 bits per heavy atom. The highest BCUT2D eigenvalue weighted by Gasteiger charge is 2.57. The molecule has 38 heavy (non-hydrogen) atoms. The fourth-order valence-corrected chi connectivity index (χ4v) is 6.36. The molecule has 1 saturated carbocycles. The molecule has 5 rings (SSSR count). The summed E-state index contributed by atoms with van der Waals surface area (Å²) in [7, 11) is 0. The van der Waals surface area contributed by atoms with Crippen LogP contribution in [0.4, 0.5) is 4.79 Å². The number of piperidine rings is 1. The Hall–Kier alpha value is -2.78. The molecule has 206 valence electrons.